The maximum Gasteiger partial charge on any atom is 0.326 e. The van der Waals surface area contributed by atoms with Gasteiger partial charge < -0.3 is 15.7 Å². The maximum atomic E-state index is 12.5. The Morgan fingerprint density at radius 2 is 1.89 bits per heavy atom. The Bertz CT molecular complexity index is 368. The number of nitrogens with two attached hydrogens (primary N) is 1. The predicted octanol–water partition coefficient (Wildman–Crippen LogP) is 1.32. The monoisotopic (exact) mass is 270 g/mol. The van der Waals surface area contributed by atoms with Gasteiger partial charge >= 0.3 is 5.97 Å². The molecule has 0 bridgehead atoms. The van der Waals surface area contributed by atoms with Crippen LogP contribution in [0.4, 0.5) is 0 Å². The van der Waals surface area contributed by atoms with Gasteiger partial charge in [-0.05, 0) is 31.1 Å². The molecule has 0 spiro atoms. The van der Waals surface area contributed by atoms with Gasteiger partial charge in [-0.1, -0.05) is 20.8 Å². The van der Waals surface area contributed by atoms with Gasteiger partial charge in [0.15, 0.2) is 0 Å². The number of hydrogen-bond donors (Lipinski definition) is 2. The molecule has 1 amide bonds. The molecular formula is C14H26N2O3. The molecule has 5 nitrogen and oxygen atoms in total. The fraction of sp³-hybridized carbons (Fsp3) is 0.857. The van der Waals surface area contributed by atoms with Gasteiger partial charge in [0.25, 0.3) is 0 Å². The van der Waals surface area contributed by atoms with E-state index in [2.05, 4.69) is 20.8 Å². The van der Waals surface area contributed by atoms with Crippen LogP contribution in [-0.4, -0.2) is 41.0 Å². The van der Waals surface area contributed by atoms with E-state index in [1.54, 1.807) is 7.05 Å². The molecule has 0 radical (unpaired) electrons. The number of carbonyl (C=O) groups is 2. The van der Waals surface area contributed by atoms with Crippen molar-refractivity contribution in [2.75, 3.05) is 7.05 Å². The van der Waals surface area contributed by atoms with E-state index < -0.39 is 12.0 Å². The Balaban J connectivity index is 2.90. The molecule has 0 aromatic carbocycles. The van der Waals surface area contributed by atoms with Crippen LogP contribution in [0.1, 0.15) is 40.5 Å². The van der Waals surface area contributed by atoms with Crippen LogP contribution in [0.3, 0.4) is 0 Å². The minimum absolute atomic E-state index is 0.0846. The van der Waals surface area contributed by atoms with Gasteiger partial charge in [-0.15, -0.1) is 0 Å². The molecule has 1 aliphatic carbocycles. The molecule has 5 heteroatoms. The quantitative estimate of drug-likeness (QED) is 0.810. The molecule has 1 rings (SSSR count). The van der Waals surface area contributed by atoms with E-state index in [-0.39, 0.29) is 29.2 Å². The largest absolute Gasteiger partial charge is 0.480 e. The average molecular weight is 270 g/mol. The first-order valence-corrected chi connectivity index (χ1v) is 6.85. The summed E-state index contributed by atoms with van der Waals surface area (Å²) in [5, 5.41) is 9.01. The van der Waals surface area contributed by atoms with Crippen molar-refractivity contribution in [1.29, 1.82) is 0 Å². The summed E-state index contributed by atoms with van der Waals surface area (Å²) in [6.45, 7) is 7.72. The minimum Gasteiger partial charge on any atom is -0.480 e. The summed E-state index contributed by atoms with van der Waals surface area (Å²) in [5.41, 5.74) is 5.87. The molecule has 0 aliphatic heterocycles. The standard InChI is InChI=1S/C14H26N2O3/c1-8-11(15)7-6-10(14(8,3)4)12(17)16(5)9(2)13(18)19/h8-11H,6-7,15H2,1-5H3,(H,18,19). The Morgan fingerprint density at radius 3 is 2.37 bits per heavy atom. The number of likely N-dealkylation sites (N-methyl/N-ethyl adjacent to an activating group) is 1. The lowest BCUT2D eigenvalue weighted by atomic mass is 9.60. The summed E-state index contributed by atoms with van der Waals surface area (Å²) in [6, 6.07) is -0.685. The van der Waals surface area contributed by atoms with E-state index in [0.717, 1.165) is 12.8 Å². The highest BCUT2D eigenvalue weighted by atomic mass is 16.4. The maximum absolute atomic E-state index is 12.5. The number of carboxylic acids is 1. The molecule has 0 aromatic heterocycles. The number of carbonyl (C=O) groups excluding carboxylic acids is 1. The second-order valence-corrected chi connectivity index (χ2v) is 6.37. The summed E-state index contributed by atoms with van der Waals surface area (Å²) >= 11 is 0. The second kappa shape index (κ2) is 5.49. The van der Waals surface area contributed by atoms with Gasteiger partial charge in [-0.3, -0.25) is 4.79 Å². The van der Waals surface area contributed by atoms with Gasteiger partial charge in [-0.25, -0.2) is 4.79 Å². The topological polar surface area (TPSA) is 83.6 Å². The van der Waals surface area contributed by atoms with Crippen molar-refractivity contribution in [2.24, 2.45) is 23.0 Å². The smallest absolute Gasteiger partial charge is 0.326 e. The molecule has 1 aliphatic rings. The molecule has 1 saturated carbocycles. The minimum atomic E-state index is -0.978. The van der Waals surface area contributed by atoms with Crippen LogP contribution in [-0.2, 0) is 9.59 Å². The van der Waals surface area contributed by atoms with Crippen molar-refractivity contribution in [3.05, 3.63) is 0 Å². The average Bonchev–Trinajstić information content (AvgIpc) is 2.33. The molecule has 4 atom stereocenters. The zero-order valence-corrected chi connectivity index (χ0v) is 12.5. The summed E-state index contributed by atoms with van der Waals surface area (Å²) in [5.74, 6) is -0.981. The summed E-state index contributed by atoms with van der Waals surface area (Å²) in [6.07, 6.45) is 1.55. The first kappa shape index (κ1) is 16.0. The van der Waals surface area contributed by atoms with Crippen LogP contribution in [0.15, 0.2) is 0 Å². The number of rotatable bonds is 3. The van der Waals surface area contributed by atoms with Crippen molar-refractivity contribution >= 4 is 11.9 Å². The SMILES string of the molecule is CC(C(=O)O)N(C)C(=O)C1CCC(N)C(C)C1(C)C. The lowest BCUT2D eigenvalue weighted by molar-refractivity contribution is -0.153. The highest BCUT2D eigenvalue weighted by Gasteiger charge is 2.46. The molecule has 3 N–H and O–H groups in total. The van der Waals surface area contributed by atoms with Gasteiger partial charge in [0.05, 0.1) is 0 Å². The van der Waals surface area contributed by atoms with E-state index in [1.165, 1.54) is 11.8 Å². The second-order valence-electron chi connectivity index (χ2n) is 6.37. The first-order valence-electron chi connectivity index (χ1n) is 6.85. The molecule has 19 heavy (non-hydrogen) atoms. The Labute approximate surface area is 115 Å². The number of aliphatic carboxylic acids is 1. The molecule has 4 unspecified atom stereocenters. The number of hydrogen-bond acceptors (Lipinski definition) is 3. The van der Waals surface area contributed by atoms with Crippen molar-refractivity contribution in [3.8, 4) is 0 Å². The third-order valence-electron chi connectivity index (χ3n) is 5.09. The van der Waals surface area contributed by atoms with E-state index in [1.807, 2.05) is 0 Å². The van der Waals surface area contributed by atoms with E-state index in [4.69, 9.17) is 10.8 Å². The molecule has 0 saturated heterocycles. The Morgan fingerprint density at radius 1 is 1.37 bits per heavy atom. The van der Waals surface area contributed by atoms with Gasteiger partial charge in [0.2, 0.25) is 5.91 Å². The zero-order valence-electron chi connectivity index (χ0n) is 12.5. The predicted molar refractivity (Wildman–Crippen MR) is 73.5 cm³/mol. The summed E-state index contributed by atoms with van der Waals surface area (Å²) < 4.78 is 0. The number of carboxylic acid groups (broad SMARTS) is 1. The van der Waals surface area contributed by atoms with Crippen molar-refractivity contribution in [3.63, 3.8) is 0 Å². The summed E-state index contributed by atoms with van der Waals surface area (Å²) in [7, 11) is 1.57. The highest BCUT2D eigenvalue weighted by Crippen LogP contribution is 2.45. The fourth-order valence-corrected chi connectivity index (χ4v) is 2.89. The molecule has 0 heterocycles. The Hall–Kier alpha value is -1.10. The van der Waals surface area contributed by atoms with Crippen LogP contribution in [0, 0.1) is 17.3 Å². The van der Waals surface area contributed by atoms with Crippen LogP contribution in [0.25, 0.3) is 0 Å². The van der Waals surface area contributed by atoms with Gasteiger partial charge in [0.1, 0.15) is 6.04 Å². The van der Waals surface area contributed by atoms with Crippen LogP contribution in [0.2, 0.25) is 0 Å². The summed E-state index contributed by atoms with van der Waals surface area (Å²) in [4.78, 5) is 24.9. The third kappa shape index (κ3) is 2.91. The molecular weight excluding hydrogens is 244 g/mol. The molecule has 1 fully saturated rings. The highest BCUT2D eigenvalue weighted by molar-refractivity contribution is 5.85. The molecule has 0 aromatic rings. The van der Waals surface area contributed by atoms with Crippen LogP contribution in [0.5, 0.6) is 0 Å². The lowest BCUT2D eigenvalue weighted by Gasteiger charge is -2.47. The van der Waals surface area contributed by atoms with Crippen molar-refractivity contribution < 1.29 is 14.7 Å². The van der Waals surface area contributed by atoms with E-state index in [0.29, 0.717) is 0 Å². The number of nitrogens with zero attached hydrogens (tertiary/aromatic N) is 1. The van der Waals surface area contributed by atoms with Crippen LogP contribution < -0.4 is 5.73 Å². The Kier molecular flexibility index (Phi) is 4.61. The zero-order chi connectivity index (χ0) is 15.0. The van der Waals surface area contributed by atoms with Crippen molar-refractivity contribution in [1.82, 2.24) is 4.90 Å². The third-order valence-corrected chi connectivity index (χ3v) is 5.09. The van der Waals surface area contributed by atoms with E-state index >= 15 is 0 Å². The van der Waals surface area contributed by atoms with Crippen molar-refractivity contribution in [2.45, 2.75) is 52.6 Å². The van der Waals surface area contributed by atoms with Crippen LogP contribution >= 0.6 is 0 Å². The van der Waals surface area contributed by atoms with Gasteiger partial charge in [0, 0.05) is 19.0 Å². The normalized spacial score (nSPS) is 31.6. The molecule has 110 valence electrons. The fourth-order valence-electron chi connectivity index (χ4n) is 2.89. The van der Waals surface area contributed by atoms with Gasteiger partial charge in [-0.2, -0.15) is 0 Å². The van der Waals surface area contributed by atoms with E-state index in [9.17, 15) is 9.59 Å². The lowest BCUT2D eigenvalue weighted by Crippen LogP contribution is -2.53. The number of amides is 1. The first-order chi connectivity index (χ1) is 8.60.